The van der Waals surface area contributed by atoms with Gasteiger partial charge in [-0.3, -0.25) is 5.32 Å². The fraction of sp³-hybridized carbons (Fsp3) is 0.409. The molecule has 4 nitrogen and oxygen atoms in total. The first-order valence-electron chi connectivity index (χ1n) is 9.56. The van der Waals surface area contributed by atoms with Crippen LogP contribution in [0.15, 0.2) is 54.6 Å². The van der Waals surface area contributed by atoms with Gasteiger partial charge in [0.15, 0.2) is 0 Å². The van der Waals surface area contributed by atoms with E-state index in [-0.39, 0.29) is 6.09 Å². The summed E-state index contributed by atoms with van der Waals surface area (Å²) in [4.78, 5) is 12.3. The maximum Gasteiger partial charge on any atom is 0.411 e. The van der Waals surface area contributed by atoms with Gasteiger partial charge in [-0.05, 0) is 61.4 Å². The molecule has 1 saturated carbocycles. The molecule has 1 aliphatic carbocycles. The number of anilines is 1. The molecule has 2 aromatic rings. The summed E-state index contributed by atoms with van der Waals surface area (Å²) in [7, 11) is 0. The summed E-state index contributed by atoms with van der Waals surface area (Å²) >= 11 is 0. The van der Waals surface area contributed by atoms with Gasteiger partial charge in [0, 0.05) is 11.6 Å². The minimum atomic E-state index is -0.344. The van der Waals surface area contributed by atoms with E-state index >= 15 is 0 Å². The number of carbonyl (C=O) groups excluding carboxylic acids is 1. The van der Waals surface area contributed by atoms with E-state index in [1.807, 2.05) is 36.4 Å². The molecule has 2 fully saturated rings. The van der Waals surface area contributed by atoms with Crippen LogP contribution in [-0.2, 0) is 11.2 Å². The lowest BCUT2D eigenvalue weighted by molar-refractivity contribution is 0.102. The molecule has 2 bridgehead atoms. The van der Waals surface area contributed by atoms with Gasteiger partial charge >= 0.3 is 6.09 Å². The highest BCUT2D eigenvalue weighted by molar-refractivity contribution is 5.85. The Balaban J connectivity index is 1.36. The maximum absolute atomic E-state index is 12.3. The van der Waals surface area contributed by atoms with Crippen molar-refractivity contribution in [2.24, 2.45) is 17.8 Å². The Hall–Kier alpha value is -2.33. The lowest BCUT2D eigenvalue weighted by Gasteiger charge is -2.30. The van der Waals surface area contributed by atoms with Crippen molar-refractivity contribution >= 4 is 11.8 Å². The van der Waals surface area contributed by atoms with Gasteiger partial charge in [-0.15, -0.1) is 0 Å². The molecule has 2 unspecified atom stereocenters. The Morgan fingerprint density at radius 2 is 1.69 bits per heavy atom. The summed E-state index contributed by atoms with van der Waals surface area (Å²) in [6.07, 6.45) is 2.96. The second-order valence-electron chi connectivity index (χ2n) is 7.46. The molecule has 0 radical (unpaired) electrons. The zero-order valence-electron chi connectivity index (χ0n) is 15.0. The minimum absolute atomic E-state index is 0.344. The SMILES string of the molecule is O=C(Nc1ccccc1Cc1ccccc1)OCC1C2CCC1CNC2. The largest absolute Gasteiger partial charge is 0.449 e. The topological polar surface area (TPSA) is 50.4 Å². The van der Waals surface area contributed by atoms with Gasteiger partial charge in [0.2, 0.25) is 0 Å². The average molecular weight is 350 g/mol. The van der Waals surface area contributed by atoms with Gasteiger partial charge in [0.1, 0.15) is 0 Å². The minimum Gasteiger partial charge on any atom is -0.449 e. The van der Waals surface area contributed by atoms with E-state index < -0.39 is 0 Å². The molecule has 2 N–H and O–H groups in total. The first-order valence-corrected chi connectivity index (χ1v) is 9.56. The Bertz CT molecular complexity index is 731. The Labute approximate surface area is 155 Å². The molecule has 0 spiro atoms. The number of hydrogen-bond donors (Lipinski definition) is 2. The van der Waals surface area contributed by atoms with Crippen molar-refractivity contribution in [2.75, 3.05) is 25.0 Å². The van der Waals surface area contributed by atoms with Crippen molar-refractivity contribution in [1.82, 2.24) is 5.32 Å². The van der Waals surface area contributed by atoms with Crippen molar-refractivity contribution in [3.63, 3.8) is 0 Å². The first-order chi connectivity index (χ1) is 12.8. The highest BCUT2D eigenvalue weighted by atomic mass is 16.5. The van der Waals surface area contributed by atoms with Crippen LogP contribution in [0.1, 0.15) is 24.0 Å². The van der Waals surface area contributed by atoms with Gasteiger partial charge in [-0.1, -0.05) is 48.5 Å². The standard InChI is InChI=1S/C22H26N2O2/c25-22(26-15-20-18-10-11-19(20)14-23-13-18)24-21-9-5-4-8-17(21)12-16-6-2-1-3-7-16/h1-9,18-20,23H,10-15H2,(H,24,25). The molecule has 4 heteroatoms. The third-order valence-electron chi connectivity index (χ3n) is 5.83. The fourth-order valence-corrected chi connectivity index (χ4v) is 4.40. The van der Waals surface area contributed by atoms with E-state index in [0.717, 1.165) is 30.8 Å². The number of hydrogen-bond acceptors (Lipinski definition) is 3. The van der Waals surface area contributed by atoms with Crippen LogP contribution in [0.2, 0.25) is 0 Å². The highest BCUT2D eigenvalue weighted by Crippen LogP contribution is 2.39. The van der Waals surface area contributed by atoms with Gasteiger partial charge in [-0.25, -0.2) is 4.79 Å². The lowest BCUT2D eigenvalue weighted by atomic mass is 9.87. The second kappa shape index (κ2) is 7.92. The zero-order chi connectivity index (χ0) is 17.8. The summed E-state index contributed by atoms with van der Waals surface area (Å²) in [6.45, 7) is 2.65. The summed E-state index contributed by atoms with van der Waals surface area (Å²) in [5.74, 6) is 1.83. The number of rotatable bonds is 5. The number of piperidine rings is 1. The van der Waals surface area contributed by atoms with E-state index in [2.05, 4.69) is 28.8 Å². The summed E-state index contributed by atoms with van der Waals surface area (Å²) in [5.41, 5.74) is 3.15. The van der Waals surface area contributed by atoms with Crippen molar-refractivity contribution in [3.05, 3.63) is 65.7 Å². The predicted octanol–water partition coefficient (Wildman–Crippen LogP) is 4.07. The normalized spacial score (nSPS) is 24.2. The summed E-state index contributed by atoms with van der Waals surface area (Å²) in [5, 5.41) is 6.42. The molecule has 2 aromatic carbocycles. The number of benzene rings is 2. The van der Waals surface area contributed by atoms with E-state index in [0.29, 0.717) is 24.4 Å². The monoisotopic (exact) mass is 350 g/mol. The number of nitrogens with one attached hydrogen (secondary N) is 2. The molecule has 1 saturated heterocycles. The van der Waals surface area contributed by atoms with Gasteiger partial charge < -0.3 is 10.1 Å². The van der Waals surface area contributed by atoms with Crippen LogP contribution in [-0.4, -0.2) is 25.8 Å². The first kappa shape index (κ1) is 17.1. The molecule has 1 amide bonds. The number of amides is 1. The predicted molar refractivity (Wildman–Crippen MR) is 103 cm³/mol. The number of carbonyl (C=O) groups is 1. The van der Waals surface area contributed by atoms with Crippen LogP contribution in [0.3, 0.4) is 0 Å². The van der Waals surface area contributed by atoms with Crippen molar-refractivity contribution in [3.8, 4) is 0 Å². The zero-order valence-corrected chi connectivity index (χ0v) is 15.0. The smallest absolute Gasteiger partial charge is 0.411 e. The van der Waals surface area contributed by atoms with Crippen LogP contribution in [0.4, 0.5) is 10.5 Å². The third-order valence-corrected chi connectivity index (χ3v) is 5.83. The summed E-state index contributed by atoms with van der Waals surface area (Å²) in [6, 6.07) is 18.2. The Kier molecular flexibility index (Phi) is 5.21. The Morgan fingerprint density at radius 1 is 1.00 bits per heavy atom. The quantitative estimate of drug-likeness (QED) is 0.854. The molecule has 26 heavy (non-hydrogen) atoms. The molecule has 4 rings (SSSR count). The van der Waals surface area contributed by atoms with Crippen LogP contribution < -0.4 is 10.6 Å². The summed E-state index contributed by atoms with van der Waals surface area (Å²) < 4.78 is 5.59. The molecular weight excluding hydrogens is 324 g/mol. The molecule has 136 valence electrons. The average Bonchev–Trinajstić information content (AvgIpc) is 2.88. The molecule has 1 heterocycles. The van der Waals surface area contributed by atoms with E-state index in [1.54, 1.807) is 0 Å². The lowest BCUT2D eigenvalue weighted by Crippen LogP contribution is -2.40. The van der Waals surface area contributed by atoms with Crippen LogP contribution in [0.25, 0.3) is 0 Å². The van der Waals surface area contributed by atoms with Crippen molar-refractivity contribution in [2.45, 2.75) is 19.3 Å². The second-order valence-corrected chi connectivity index (χ2v) is 7.46. The van der Waals surface area contributed by atoms with Crippen LogP contribution in [0.5, 0.6) is 0 Å². The maximum atomic E-state index is 12.3. The van der Waals surface area contributed by atoms with Gasteiger partial charge in [-0.2, -0.15) is 0 Å². The molecular formula is C22H26N2O2. The van der Waals surface area contributed by atoms with Gasteiger partial charge in [0.05, 0.1) is 6.61 Å². The van der Waals surface area contributed by atoms with Crippen LogP contribution >= 0.6 is 0 Å². The third kappa shape index (κ3) is 3.91. The molecule has 2 aliphatic rings. The number of ether oxygens (including phenoxy) is 1. The van der Waals surface area contributed by atoms with E-state index in [4.69, 9.17) is 4.74 Å². The van der Waals surface area contributed by atoms with Crippen molar-refractivity contribution in [1.29, 1.82) is 0 Å². The molecule has 0 aromatic heterocycles. The van der Waals surface area contributed by atoms with Gasteiger partial charge in [0.25, 0.3) is 0 Å². The number of para-hydroxylation sites is 1. The number of fused-ring (bicyclic) bond motifs is 2. The highest BCUT2D eigenvalue weighted by Gasteiger charge is 2.39. The van der Waals surface area contributed by atoms with Crippen molar-refractivity contribution < 1.29 is 9.53 Å². The molecule has 2 atom stereocenters. The Morgan fingerprint density at radius 3 is 2.46 bits per heavy atom. The van der Waals surface area contributed by atoms with E-state index in [9.17, 15) is 4.79 Å². The van der Waals surface area contributed by atoms with Crippen LogP contribution in [0, 0.1) is 17.8 Å². The molecule has 1 aliphatic heterocycles. The van der Waals surface area contributed by atoms with E-state index in [1.165, 1.54) is 18.4 Å². The fourth-order valence-electron chi connectivity index (χ4n) is 4.40.